The number of nitrogens with one attached hydrogen (secondary N) is 1. The van der Waals surface area contributed by atoms with E-state index in [0.717, 1.165) is 26.9 Å². The minimum absolute atomic E-state index is 0. The Kier molecular flexibility index (Phi) is 5.25. The maximum atomic E-state index is 11.7. The lowest BCUT2D eigenvalue weighted by atomic mass is 10.0. The first-order valence-corrected chi connectivity index (χ1v) is 8.06. The standard InChI is InChI=1S/C16H19N4O2S.ClH/c1-18(2)10-5-6-11-14(9-10)23-16-12(17-11)7-8-13(19(3)4)15(16)20(21)22;/h5-9,15,17H,1-4H3;1H/q+1;/p-1. The van der Waals surface area contributed by atoms with Gasteiger partial charge < -0.3 is 22.6 Å². The van der Waals surface area contributed by atoms with Gasteiger partial charge in [-0.25, -0.2) is 4.58 Å². The summed E-state index contributed by atoms with van der Waals surface area (Å²) in [7, 11) is 7.63. The number of allylic oxidation sites excluding steroid dienone is 1. The fourth-order valence-corrected chi connectivity index (χ4v) is 3.87. The van der Waals surface area contributed by atoms with Gasteiger partial charge in [0, 0.05) is 35.7 Å². The van der Waals surface area contributed by atoms with Crippen LogP contribution in [0.5, 0.6) is 0 Å². The summed E-state index contributed by atoms with van der Waals surface area (Å²) < 4.78 is 1.81. The van der Waals surface area contributed by atoms with Gasteiger partial charge in [-0.05, 0) is 24.3 Å². The molecular formula is C16H19ClN4O2S. The molecule has 0 saturated heterocycles. The molecule has 0 spiro atoms. The monoisotopic (exact) mass is 366 g/mol. The first kappa shape index (κ1) is 18.4. The van der Waals surface area contributed by atoms with Crippen molar-refractivity contribution in [1.29, 1.82) is 0 Å². The van der Waals surface area contributed by atoms with Crippen LogP contribution < -0.4 is 22.6 Å². The van der Waals surface area contributed by atoms with Gasteiger partial charge in [-0.3, -0.25) is 10.1 Å². The molecule has 1 unspecified atom stereocenters. The molecule has 24 heavy (non-hydrogen) atoms. The van der Waals surface area contributed by atoms with E-state index in [1.165, 1.54) is 11.8 Å². The summed E-state index contributed by atoms with van der Waals surface area (Å²) in [6.07, 6.45) is 3.74. The molecule has 2 aliphatic rings. The SMILES string of the molecule is CN(C)c1ccc2c(c1)SC1=C(C=CC(=[N+](C)C)C1[N+](=O)[O-])N2.[Cl-]. The Morgan fingerprint density at radius 1 is 1.25 bits per heavy atom. The van der Waals surface area contributed by atoms with Gasteiger partial charge in [-0.15, -0.1) is 0 Å². The van der Waals surface area contributed by atoms with Crippen LogP contribution in [0.3, 0.4) is 0 Å². The molecule has 0 aromatic heterocycles. The van der Waals surface area contributed by atoms with Gasteiger partial charge >= 0.3 is 6.04 Å². The van der Waals surface area contributed by atoms with E-state index >= 15 is 0 Å². The highest BCUT2D eigenvalue weighted by Crippen LogP contribution is 2.44. The van der Waals surface area contributed by atoms with E-state index in [2.05, 4.69) is 11.4 Å². The third-order valence-corrected chi connectivity index (χ3v) is 5.13. The van der Waals surface area contributed by atoms with Gasteiger partial charge in [0.15, 0.2) is 0 Å². The van der Waals surface area contributed by atoms with Crippen LogP contribution in [-0.4, -0.2) is 49.4 Å². The average molecular weight is 367 g/mol. The van der Waals surface area contributed by atoms with E-state index in [1.807, 2.05) is 57.4 Å². The molecular weight excluding hydrogens is 348 g/mol. The van der Waals surface area contributed by atoms with Crippen LogP contribution in [0.4, 0.5) is 11.4 Å². The van der Waals surface area contributed by atoms with Crippen molar-refractivity contribution < 1.29 is 21.9 Å². The van der Waals surface area contributed by atoms with E-state index in [-0.39, 0.29) is 17.3 Å². The summed E-state index contributed by atoms with van der Waals surface area (Å²) >= 11 is 1.48. The molecule has 1 atom stereocenters. The predicted molar refractivity (Wildman–Crippen MR) is 94.3 cm³/mol. The maximum Gasteiger partial charge on any atom is 0.327 e. The number of nitro groups is 1. The van der Waals surface area contributed by atoms with Gasteiger partial charge in [-0.2, -0.15) is 0 Å². The Balaban J connectivity index is 0.00000208. The maximum absolute atomic E-state index is 11.7. The molecule has 0 amide bonds. The molecule has 128 valence electrons. The van der Waals surface area contributed by atoms with Crippen molar-refractivity contribution in [1.82, 2.24) is 0 Å². The second-order valence-corrected chi connectivity index (χ2v) is 7.00. The van der Waals surface area contributed by atoms with Gasteiger partial charge in [-0.1, -0.05) is 11.8 Å². The molecule has 1 aliphatic heterocycles. The molecule has 1 aromatic rings. The number of thioether (sulfide) groups is 1. The lowest BCUT2D eigenvalue weighted by Gasteiger charge is -2.26. The molecule has 0 fully saturated rings. The molecule has 0 radical (unpaired) electrons. The Morgan fingerprint density at radius 3 is 2.54 bits per heavy atom. The summed E-state index contributed by atoms with van der Waals surface area (Å²) in [5.41, 5.74) is 3.56. The number of hydrogen-bond acceptors (Lipinski definition) is 5. The summed E-state index contributed by atoms with van der Waals surface area (Å²) in [6.45, 7) is 0. The highest BCUT2D eigenvalue weighted by molar-refractivity contribution is 8.03. The largest absolute Gasteiger partial charge is 1.00 e. The van der Waals surface area contributed by atoms with Crippen LogP contribution in [0, 0.1) is 10.1 Å². The van der Waals surface area contributed by atoms with E-state index in [1.54, 1.807) is 4.58 Å². The number of benzene rings is 1. The van der Waals surface area contributed by atoms with E-state index in [0.29, 0.717) is 5.71 Å². The molecule has 3 rings (SSSR count). The van der Waals surface area contributed by atoms with Crippen LogP contribution in [-0.2, 0) is 0 Å². The fraction of sp³-hybridized carbons (Fsp3) is 0.312. The van der Waals surface area contributed by atoms with Crippen LogP contribution in [0.15, 0.2) is 45.8 Å². The molecule has 0 bridgehead atoms. The molecule has 8 heteroatoms. The molecule has 1 heterocycles. The molecule has 1 aromatic carbocycles. The summed E-state index contributed by atoms with van der Waals surface area (Å²) in [6, 6.07) is 5.27. The topological polar surface area (TPSA) is 61.4 Å². The fourth-order valence-electron chi connectivity index (χ4n) is 2.68. The minimum atomic E-state index is -0.835. The van der Waals surface area contributed by atoms with E-state index < -0.39 is 6.04 Å². The molecule has 1 N–H and O–H groups in total. The third kappa shape index (κ3) is 3.14. The van der Waals surface area contributed by atoms with Crippen LogP contribution in [0.2, 0.25) is 0 Å². The number of hydrogen-bond donors (Lipinski definition) is 1. The lowest BCUT2D eigenvalue weighted by molar-refractivity contribution is -0.518. The Morgan fingerprint density at radius 2 is 1.96 bits per heavy atom. The third-order valence-electron chi connectivity index (χ3n) is 3.91. The van der Waals surface area contributed by atoms with Crippen molar-refractivity contribution in [2.45, 2.75) is 10.9 Å². The zero-order chi connectivity index (χ0) is 16.7. The number of fused-ring (bicyclic) bond motifs is 1. The average Bonchev–Trinajstić information content (AvgIpc) is 2.50. The normalized spacial score (nSPS) is 18.2. The summed E-state index contributed by atoms with van der Waals surface area (Å²) in [4.78, 5) is 15.2. The second-order valence-electron chi connectivity index (χ2n) is 5.92. The zero-order valence-corrected chi connectivity index (χ0v) is 15.5. The predicted octanol–water partition coefficient (Wildman–Crippen LogP) is -0.586. The van der Waals surface area contributed by atoms with Crippen molar-refractivity contribution in [2.75, 3.05) is 38.4 Å². The Bertz CT molecular complexity index is 782. The van der Waals surface area contributed by atoms with Gasteiger partial charge in [0.2, 0.25) is 0 Å². The smallest absolute Gasteiger partial charge is 0.327 e. The second kappa shape index (κ2) is 6.86. The minimum Gasteiger partial charge on any atom is -1.00 e. The van der Waals surface area contributed by atoms with Crippen molar-refractivity contribution in [3.63, 3.8) is 0 Å². The number of halogens is 1. The zero-order valence-electron chi connectivity index (χ0n) is 13.9. The number of rotatable bonds is 2. The van der Waals surface area contributed by atoms with Gasteiger partial charge in [0.1, 0.15) is 14.1 Å². The summed E-state index contributed by atoms with van der Waals surface area (Å²) in [5.74, 6) is 0. The van der Waals surface area contributed by atoms with Crippen molar-refractivity contribution in [3.05, 3.63) is 51.1 Å². The first-order chi connectivity index (χ1) is 10.9. The highest BCUT2D eigenvalue weighted by atomic mass is 35.5. The molecule has 0 saturated carbocycles. The molecule has 6 nitrogen and oxygen atoms in total. The molecule has 1 aliphatic carbocycles. The van der Waals surface area contributed by atoms with E-state index in [4.69, 9.17) is 0 Å². The Hall–Kier alpha value is -1.99. The van der Waals surface area contributed by atoms with Crippen molar-refractivity contribution in [2.24, 2.45) is 0 Å². The van der Waals surface area contributed by atoms with E-state index in [9.17, 15) is 10.1 Å². The number of nitrogens with zero attached hydrogens (tertiary/aromatic N) is 3. The van der Waals surface area contributed by atoms with Crippen LogP contribution in [0.1, 0.15) is 0 Å². The number of anilines is 2. The van der Waals surface area contributed by atoms with Crippen LogP contribution >= 0.6 is 11.8 Å². The van der Waals surface area contributed by atoms with Crippen molar-refractivity contribution in [3.8, 4) is 0 Å². The highest BCUT2D eigenvalue weighted by Gasteiger charge is 2.42. The van der Waals surface area contributed by atoms with Crippen LogP contribution in [0.25, 0.3) is 0 Å². The summed E-state index contributed by atoms with van der Waals surface area (Å²) in [5, 5.41) is 15.0. The lowest BCUT2D eigenvalue weighted by Crippen LogP contribution is -3.00. The quantitative estimate of drug-likeness (QED) is 0.431. The Labute approximate surface area is 151 Å². The van der Waals surface area contributed by atoms with Crippen molar-refractivity contribution >= 4 is 28.8 Å². The van der Waals surface area contributed by atoms with Gasteiger partial charge in [0.25, 0.3) is 5.71 Å². The van der Waals surface area contributed by atoms with Gasteiger partial charge in [0.05, 0.1) is 16.3 Å². The first-order valence-electron chi connectivity index (χ1n) is 7.24.